The van der Waals surface area contributed by atoms with Crippen LogP contribution in [-0.2, 0) is 5.41 Å². The van der Waals surface area contributed by atoms with Crippen LogP contribution < -0.4 is 0 Å². The van der Waals surface area contributed by atoms with Crippen molar-refractivity contribution < 1.29 is 0 Å². The maximum atomic E-state index is 4.98. The van der Waals surface area contributed by atoms with E-state index in [0.717, 1.165) is 23.0 Å². The van der Waals surface area contributed by atoms with E-state index in [9.17, 15) is 0 Å². The summed E-state index contributed by atoms with van der Waals surface area (Å²) in [7, 11) is 0. The van der Waals surface area contributed by atoms with Crippen molar-refractivity contribution in [1.29, 1.82) is 0 Å². The van der Waals surface area contributed by atoms with Crippen molar-refractivity contribution in [1.82, 2.24) is 19.5 Å². The summed E-state index contributed by atoms with van der Waals surface area (Å²) in [5.41, 5.74) is 8.65. The number of hydrogen-bond acceptors (Lipinski definition) is 3. The largest absolute Gasteiger partial charge is 0.278 e. The quantitative estimate of drug-likeness (QED) is 0.269. The van der Waals surface area contributed by atoms with Crippen LogP contribution in [0.1, 0.15) is 37.2 Å². The summed E-state index contributed by atoms with van der Waals surface area (Å²) in [6, 6.07) is 32.3. The van der Waals surface area contributed by atoms with Gasteiger partial charge in [-0.1, -0.05) is 86.6 Å². The minimum absolute atomic E-state index is 0.0361. The van der Waals surface area contributed by atoms with E-state index in [1.54, 1.807) is 0 Å². The molecule has 174 valence electrons. The highest BCUT2D eigenvalue weighted by atomic mass is 15.2. The van der Waals surface area contributed by atoms with Gasteiger partial charge in [-0.3, -0.25) is 4.57 Å². The van der Waals surface area contributed by atoms with Crippen molar-refractivity contribution in [3.63, 3.8) is 0 Å². The third-order valence-electron chi connectivity index (χ3n) is 7.89. The van der Waals surface area contributed by atoms with Crippen molar-refractivity contribution in [3.8, 4) is 28.5 Å². The van der Waals surface area contributed by atoms with Gasteiger partial charge in [-0.2, -0.15) is 9.97 Å². The third-order valence-corrected chi connectivity index (χ3v) is 7.89. The van der Waals surface area contributed by atoms with E-state index in [-0.39, 0.29) is 5.41 Å². The molecular formula is C32H26N4. The van der Waals surface area contributed by atoms with E-state index in [1.807, 2.05) is 37.3 Å². The molecule has 0 spiro atoms. The Balaban J connectivity index is 1.57. The molecule has 0 bridgehead atoms. The molecule has 2 heterocycles. The van der Waals surface area contributed by atoms with Crippen molar-refractivity contribution in [2.24, 2.45) is 0 Å². The normalized spacial score (nSPS) is 16.4. The second-order valence-corrected chi connectivity index (χ2v) is 9.87. The summed E-state index contributed by atoms with van der Waals surface area (Å²) in [6.07, 6.45) is 1.03. The Bertz CT molecular complexity index is 1800. The molecule has 0 N–H and O–H groups in total. The van der Waals surface area contributed by atoms with Gasteiger partial charge < -0.3 is 0 Å². The highest BCUT2D eigenvalue weighted by Crippen LogP contribution is 2.52. The molecule has 0 radical (unpaired) electrons. The summed E-state index contributed by atoms with van der Waals surface area (Å²) in [4.78, 5) is 14.5. The molecule has 0 saturated heterocycles. The maximum Gasteiger partial charge on any atom is 0.238 e. The second kappa shape index (κ2) is 7.59. The van der Waals surface area contributed by atoms with Gasteiger partial charge in [0, 0.05) is 21.8 Å². The van der Waals surface area contributed by atoms with E-state index in [4.69, 9.17) is 9.97 Å². The van der Waals surface area contributed by atoms with Crippen molar-refractivity contribution in [2.75, 3.05) is 0 Å². The lowest BCUT2D eigenvalue weighted by Crippen LogP contribution is -2.19. The molecule has 1 aliphatic carbocycles. The van der Waals surface area contributed by atoms with E-state index in [1.165, 1.54) is 33.0 Å². The predicted molar refractivity (Wildman–Crippen MR) is 147 cm³/mol. The molecule has 1 aliphatic rings. The average molecular weight is 467 g/mol. The molecule has 2 aromatic heterocycles. The summed E-state index contributed by atoms with van der Waals surface area (Å²) in [5, 5.41) is 2.43. The zero-order valence-corrected chi connectivity index (χ0v) is 20.7. The predicted octanol–water partition coefficient (Wildman–Crippen LogP) is 7.64. The van der Waals surface area contributed by atoms with E-state index < -0.39 is 0 Å². The number of benzene rings is 4. The topological polar surface area (TPSA) is 43.6 Å². The Morgan fingerprint density at radius 3 is 2.28 bits per heavy atom. The molecule has 1 atom stereocenters. The van der Waals surface area contributed by atoms with Crippen LogP contribution in [0.15, 0.2) is 91.0 Å². The van der Waals surface area contributed by atoms with Crippen LogP contribution in [0.4, 0.5) is 0 Å². The lowest BCUT2D eigenvalue weighted by molar-refractivity contribution is 0.565. The van der Waals surface area contributed by atoms with Crippen LogP contribution in [0.2, 0.25) is 0 Å². The van der Waals surface area contributed by atoms with E-state index in [2.05, 4.69) is 84.1 Å². The SMILES string of the molecule is CCC1(C)c2ccccc2-c2cc3c4ccccc4n(-c4nc(C)nc(-c5ccccc5)n4)c3cc21. The summed E-state index contributed by atoms with van der Waals surface area (Å²) >= 11 is 0. The number of nitrogens with zero attached hydrogens (tertiary/aromatic N) is 4. The van der Waals surface area contributed by atoms with Crippen molar-refractivity contribution in [2.45, 2.75) is 32.6 Å². The number of aromatic nitrogens is 4. The number of para-hydroxylation sites is 1. The minimum Gasteiger partial charge on any atom is -0.278 e. The molecule has 4 heteroatoms. The van der Waals surface area contributed by atoms with Gasteiger partial charge >= 0.3 is 0 Å². The smallest absolute Gasteiger partial charge is 0.238 e. The minimum atomic E-state index is -0.0361. The molecule has 0 saturated carbocycles. The molecule has 4 aromatic carbocycles. The first-order valence-corrected chi connectivity index (χ1v) is 12.5. The Morgan fingerprint density at radius 2 is 1.44 bits per heavy atom. The highest BCUT2D eigenvalue weighted by molar-refractivity contribution is 6.11. The molecule has 0 amide bonds. The van der Waals surface area contributed by atoms with Gasteiger partial charge in [-0.05, 0) is 53.8 Å². The molecule has 4 nitrogen and oxygen atoms in total. The van der Waals surface area contributed by atoms with Crippen LogP contribution in [0.3, 0.4) is 0 Å². The maximum absolute atomic E-state index is 4.98. The summed E-state index contributed by atoms with van der Waals surface area (Å²) in [5.74, 6) is 2.05. The lowest BCUT2D eigenvalue weighted by Gasteiger charge is -2.25. The molecule has 7 rings (SSSR count). The Labute approximate surface area is 210 Å². The number of fused-ring (bicyclic) bond motifs is 6. The van der Waals surface area contributed by atoms with Crippen LogP contribution in [-0.4, -0.2) is 19.5 Å². The van der Waals surface area contributed by atoms with Gasteiger partial charge in [0.2, 0.25) is 5.95 Å². The Kier molecular flexibility index (Phi) is 4.43. The van der Waals surface area contributed by atoms with Crippen molar-refractivity contribution in [3.05, 3.63) is 108 Å². The summed E-state index contributed by atoms with van der Waals surface area (Å²) in [6.45, 7) is 6.60. The first-order valence-electron chi connectivity index (χ1n) is 12.5. The highest BCUT2D eigenvalue weighted by Gasteiger charge is 2.38. The van der Waals surface area contributed by atoms with E-state index in [0.29, 0.717) is 17.6 Å². The van der Waals surface area contributed by atoms with E-state index >= 15 is 0 Å². The summed E-state index contributed by atoms with van der Waals surface area (Å²) < 4.78 is 2.21. The molecule has 6 aromatic rings. The standard InChI is InChI=1S/C32H26N4/c1-4-32(3)26-16-10-8-14-22(26)24-18-25-23-15-9-11-17-28(23)36(29(25)19-27(24)32)31-34-20(2)33-30(35-31)21-12-6-5-7-13-21/h5-19H,4H2,1-3H3. The molecule has 0 fully saturated rings. The number of aryl methyl sites for hydroxylation is 1. The zero-order chi connectivity index (χ0) is 24.4. The van der Waals surface area contributed by atoms with Gasteiger partial charge in [-0.15, -0.1) is 0 Å². The molecule has 0 aliphatic heterocycles. The zero-order valence-electron chi connectivity index (χ0n) is 20.7. The van der Waals surface area contributed by atoms with Crippen LogP contribution in [0.5, 0.6) is 0 Å². The molecule has 36 heavy (non-hydrogen) atoms. The average Bonchev–Trinajstić information content (AvgIpc) is 3.38. The van der Waals surface area contributed by atoms with Gasteiger partial charge in [-0.25, -0.2) is 4.98 Å². The molecular weight excluding hydrogens is 440 g/mol. The van der Waals surface area contributed by atoms with Crippen LogP contribution in [0, 0.1) is 6.92 Å². The monoisotopic (exact) mass is 466 g/mol. The van der Waals surface area contributed by atoms with Crippen LogP contribution in [0.25, 0.3) is 50.3 Å². The third kappa shape index (κ3) is 2.84. The first kappa shape index (κ1) is 21.0. The Hall–Kier alpha value is -4.31. The lowest BCUT2D eigenvalue weighted by atomic mass is 9.78. The first-order chi connectivity index (χ1) is 17.6. The molecule has 1 unspecified atom stereocenters. The van der Waals surface area contributed by atoms with Crippen molar-refractivity contribution >= 4 is 21.8 Å². The number of hydrogen-bond donors (Lipinski definition) is 0. The van der Waals surface area contributed by atoms with Gasteiger partial charge in [0.05, 0.1) is 11.0 Å². The number of rotatable bonds is 3. The fraction of sp³-hybridized carbons (Fsp3) is 0.156. The fourth-order valence-electron chi connectivity index (χ4n) is 5.92. The Morgan fingerprint density at radius 1 is 0.694 bits per heavy atom. The van der Waals surface area contributed by atoms with Gasteiger partial charge in [0.15, 0.2) is 5.82 Å². The fourth-order valence-corrected chi connectivity index (χ4v) is 5.92. The van der Waals surface area contributed by atoms with Gasteiger partial charge in [0.25, 0.3) is 0 Å². The van der Waals surface area contributed by atoms with Crippen LogP contribution >= 0.6 is 0 Å². The second-order valence-electron chi connectivity index (χ2n) is 9.87. The van der Waals surface area contributed by atoms with Gasteiger partial charge in [0.1, 0.15) is 5.82 Å².